The molecule has 2 heterocycles. The van der Waals surface area contributed by atoms with Crippen LogP contribution in [0.25, 0.3) is 0 Å². The number of nitrogens with zero attached hydrogens (tertiary/aromatic N) is 2. The number of carboxylic acids is 1. The van der Waals surface area contributed by atoms with E-state index >= 15 is 4.39 Å². The molecule has 0 bridgehead atoms. The molecule has 2 aromatic carbocycles. The Bertz CT molecular complexity index is 1480. The molecule has 1 fully saturated rings. The number of carboxylic acid groups (broad SMARTS) is 1. The molecule has 0 aliphatic carbocycles. The number of hydrogen-bond acceptors (Lipinski definition) is 8. The Kier molecular flexibility index (Phi) is 10.4. The minimum absolute atomic E-state index is 0.0152. The van der Waals surface area contributed by atoms with E-state index in [1.54, 1.807) is 19.1 Å². The number of hydrogen-bond donors (Lipinski definition) is 4. The van der Waals surface area contributed by atoms with Crippen LogP contribution in [0.4, 0.5) is 10.1 Å². The van der Waals surface area contributed by atoms with Gasteiger partial charge in [-0.05, 0) is 49.8 Å². The first-order chi connectivity index (χ1) is 21.3. The Morgan fingerprint density at radius 2 is 1.80 bits per heavy atom. The lowest BCUT2D eigenvalue weighted by atomic mass is 9.84. The number of halogens is 1. The van der Waals surface area contributed by atoms with Crippen molar-refractivity contribution >= 4 is 29.2 Å². The Labute approximate surface area is 262 Å². The van der Waals surface area contributed by atoms with Gasteiger partial charge in [-0.1, -0.05) is 20.8 Å². The van der Waals surface area contributed by atoms with Gasteiger partial charge in [0, 0.05) is 55.4 Å². The van der Waals surface area contributed by atoms with Crippen LogP contribution in [0.5, 0.6) is 11.5 Å². The Morgan fingerprint density at radius 1 is 1.11 bits per heavy atom. The fourth-order valence-corrected chi connectivity index (χ4v) is 5.69. The molecule has 244 valence electrons. The number of ether oxygens (including phenoxy) is 2. The number of anilines is 1. The predicted octanol–water partition coefficient (Wildman–Crippen LogP) is 4.11. The third-order valence-corrected chi connectivity index (χ3v) is 8.12. The number of carbonyl (C=O) groups excluding carboxylic acids is 2. The van der Waals surface area contributed by atoms with Crippen LogP contribution in [0, 0.1) is 11.2 Å². The number of amides is 1. The molecular formula is C33H43FN4O7. The molecule has 2 aliphatic rings. The minimum Gasteiger partial charge on any atom is -0.491 e. The maximum absolute atomic E-state index is 15.6. The van der Waals surface area contributed by atoms with Crippen LogP contribution >= 0.6 is 0 Å². The van der Waals surface area contributed by atoms with Crippen molar-refractivity contribution in [1.29, 1.82) is 5.41 Å². The molecule has 4 N–H and O–H groups in total. The van der Waals surface area contributed by atoms with E-state index < -0.39 is 29.2 Å². The van der Waals surface area contributed by atoms with Gasteiger partial charge in [-0.25, -0.2) is 4.39 Å². The smallest absolute Gasteiger partial charge is 0.303 e. The van der Waals surface area contributed by atoms with Gasteiger partial charge >= 0.3 is 5.97 Å². The highest BCUT2D eigenvalue weighted by molar-refractivity contribution is 6.08. The van der Waals surface area contributed by atoms with E-state index in [4.69, 9.17) is 20.0 Å². The number of rotatable bonds is 12. The monoisotopic (exact) mass is 626 g/mol. The molecular weight excluding hydrogens is 583 g/mol. The lowest BCUT2D eigenvalue weighted by Crippen LogP contribution is -2.36. The van der Waals surface area contributed by atoms with E-state index in [1.807, 2.05) is 20.8 Å². The summed E-state index contributed by atoms with van der Waals surface area (Å²) in [4.78, 5) is 41.0. The fourth-order valence-electron chi connectivity index (χ4n) is 5.69. The summed E-state index contributed by atoms with van der Waals surface area (Å²) in [6, 6.07) is 4.97. The number of piperidine rings is 1. The van der Waals surface area contributed by atoms with E-state index in [0.29, 0.717) is 49.4 Å². The second kappa shape index (κ2) is 13.8. The first-order valence-corrected chi connectivity index (χ1v) is 15.3. The zero-order valence-electron chi connectivity index (χ0n) is 26.6. The molecule has 0 saturated carbocycles. The van der Waals surface area contributed by atoms with E-state index in [1.165, 1.54) is 18.0 Å². The van der Waals surface area contributed by atoms with E-state index in [2.05, 4.69) is 10.2 Å². The van der Waals surface area contributed by atoms with E-state index in [-0.39, 0.29) is 66.8 Å². The molecule has 12 heteroatoms. The molecule has 11 nitrogen and oxygen atoms in total. The van der Waals surface area contributed by atoms with E-state index in [0.717, 1.165) is 5.56 Å². The summed E-state index contributed by atoms with van der Waals surface area (Å²) < 4.78 is 27.3. The number of amidine groups is 1. The van der Waals surface area contributed by atoms with Gasteiger partial charge in [0.05, 0.1) is 37.1 Å². The third-order valence-electron chi connectivity index (χ3n) is 8.12. The third kappa shape index (κ3) is 7.38. The highest BCUT2D eigenvalue weighted by atomic mass is 19.1. The van der Waals surface area contributed by atoms with Gasteiger partial charge in [-0.2, -0.15) is 0 Å². The number of aliphatic hydroxyl groups excluding tert-OH is 1. The quantitative estimate of drug-likeness (QED) is 0.201. The van der Waals surface area contributed by atoms with Crippen molar-refractivity contribution in [3.8, 4) is 11.5 Å². The molecule has 0 aromatic heterocycles. The van der Waals surface area contributed by atoms with Crippen LogP contribution in [0.2, 0.25) is 0 Å². The highest BCUT2D eigenvalue weighted by Crippen LogP contribution is 2.42. The average molecular weight is 627 g/mol. The van der Waals surface area contributed by atoms with Crippen molar-refractivity contribution in [3.05, 3.63) is 51.8 Å². The molecule has 0 radical (unpaired) electrons. The maximum atomic E-state index is 15.6. The Morgan fingerprint density at radius 3 is 2.40 bits per heavy atom. The number of ketones is 1. The number of aliphatic carboxylic acids is 1. The van der Waals surface area contributed by atoms with Crippen LogP contribution in [0.3, 0.4) is 0 Å². The van der Waals surface area contributed by atoms with Crippen molar-refractivity contribution in [1.82, 2.24) is 10.2 Å². The van der Waals surface area contributed by atoms with Gasteiger partial charge in [-0.3, -0.25) is 19.8 Å². The standard InChI is InChI=1S/C33H43FN4O7/c1-6-44-29-22(32(43)36-5)16-21-23(28(29)34)17-38(31(21)35)18-26(40)19-14-24(33(2,3)4)30(45-13-7-8-27(41)42)25(15-19)37-11-9-20(39)10-12-37/h14-16,20,35,39H,6-13,17-18H2,1-5H3,(H,36,43)(H,41,42). The van der Waals surface area contributed by atoms with Crippen molar-refractivity contribution in [2.45, 2.75) is 71.4 Å². The largest absolute Gasteiger partial charge is 0.491 e. The topological polar surface area (TPSA) is 152 Å². The van der Waals surface area contributed by atoms with Gasteiger partial charge in [0.2, 0.25) is 0 Å². The number of aliphatic hydroxyl groups is 1. The highest BCUT2D eigenvalue weighted by Gasteiger charge is 2.34. The molecule has 0 spiro atoms. The normalized spacial score (nSPS) is 15.2. The van der Waals surface area contributed by atoms with Gasteiger partial charge in [0.15, 0.2) is 17.3 Å². The fraction of sp³-hybridized carbons (Fsp3) is 0.515. The SMILES string of the molecule is CCOc1c(C(=O)NC)cc2c(c1F)CN(CC(=O)c1cc(N3CCC(O)CC3)c(OCCCC(=O)O)c(C(C)(C)C)c1)C2=N. The molecule has 1 saturated heterocycles. The number of fused-ring (bicyclic) bond motifs is 1. The number of Topliss-reactive ketones (excluding diaryl/α,β-unsaturated/α-hetero) is 1. The number of nitrogens with one attached hydrogen (secondary N) is 2. The first kappa shape index (κ1) is 33.7. The first-order valence-electron chi connectivity index (χ1n) is 15.3. The van der Waals surface area contributed by atoms with Crippen LogP contribution in [0.15, 0.2) is 18.2 Å². The Hall–Kier alpha value is -4.19. The lowest BCUT2D eigenvalue weighted by Gasteiger charge is -2.35. The van der Waals surface area contributed by atoms with Gasteiger partial charge < -0.3 is 34.8 Å². The maximum Gasteiger partial charge on any atom is 0.303 e. The molecule has 1 amide bonds. The van der Waals surface area contributed by atoms with Crippen molar-refractivity contribution in [3.63, 3.8) is 0 Å². The summed E-state index contributed by atoms with van der Waals surface area (Å²) in [6.45, 7) is 8.88. The van der Waals surface area contributed by atoms with Gasteiger partial charge in [-0.15, -0.1) is 0 Å². The number of benzene rings is 2. The lowest BCUT2D eigenvalue weighted by molar-refractivity contribution is -0.137. The summed E-state index contributed by atoms with van der Waals surface area (Å²) in [7, 11) is 1.43. The summed E-state index contributed by atoms with van der Waals surface area (Å²) in [5.74, 6) is -2.12. The molecule has 0 atom stereocenters. The molecule has 4 rings (SSSR count). The van der Waals surface area contributed by atoms with Crippen LogP contribution in [0.1, 0.15) is 90.8 Å². The van der Waals surface area contributed by atoms with Crippen molar-refractivity contribution in [2.75, 3.05) is 44.8 Å². The van der Waals surface area contributed by atoms with Gasteiger partial charge in [0.25, 0.3) is 5.91 Å². The van der Waals surface area contributed by atoms with E-state index in [9.17, 15) is 19.5 Å². The predicted molar refractivity (Wildman–Crippen MR) is 167 cm³/mol. The average Bonchev–Trinajstić information content (AvgIpc) is 3.30. The van der Waals surface area contributed by atoms with Crippen LogP contribution in [-0.4, -0.2) is 84.6 Å². The van der Waals surface area contributed by atoms with Crippen molar-refractivity contribution < 1.29 is 38.5 Å². The summed E-state index contributed by atoms with van der Waals surface area (Å²) >= 11 is 0. The summed E-state index contributed by atoms with van der Waals surface area (Å²) in [5, 5.41) is 30.5. The molecule has 2 aromatic rings. The van der Waals surface area contributed by atoms with Crippen LogP contribution < -0.4 is 19.7 Å². The Balaban J connectivity index is 1.68. The van der Waals surface area contributed by atoms with Crippen molar-refractivity contribution in [2.24, 2.45) is 0 Å². The van der Waals surface area contributed by atoms with Gasteiger partial charge in [0.1, 0.15) is 11.6 Å². The molecule has 45 heavy (non-hydrogen) atoms. The molecule has 0 unspecified atom stereocenters. The summed E-state index contributed by atoms with van der Waals surface area (Å²) in [6.07, 6.45) is 0.978. The second-order valence-electron chi connectivity index (χ2n) is 12.4. The van der Waals surface area contributed by atoms with Crippen LogP contribution in [-0.2, 0) is 16.8 Å². The minimum atomic E-state index is -0.908. The zero-order chi connectivity index (χ0) is 33.1. The summed E-state index contributed by atoms with van der Waals surface area (Å²) in [5.41, 5.74) is 1.81. The molecule has 2 aliphatic heterocycles. The second-order valence-corrected chi connectivity index (χ2v) is 12.4. The zero-order valence-corrected chi connectivity index (χ0v) is 26.6. The number of carbonyl (C=O) groups is 3.